The number of carbonyl (C=O) groups excluding carboxylic acids is 1. The summed E-state index contributed by atoms with van der Waals surface area (Å²) < 4.78 is 0. The molecule has 1 atom stereocenters. The fraction of sp³-hybridized carbons (Fsp3) is 0.750. The van der Waals surface area contributed by atoms with Crippen molar-refractivity contribution in [1.82, 2.24) is 0 Å². The van der Waals surface area contributed by atoms with Gasteiger partial charge in [0, 0.05) is 5.92 Å². The summed E-state index contributed by atoms with van der Waals surface area (Å²) in [7, 11) is 0. The minimum atomic E-state index is -1.36. The Hall–Kier alpha value is -1.03. The number of ketones is 1. The minimum absolute atomic E-state index is 0.132. The third-order valence-corrected chi connectivity index (χ3v) is 2.32. The maximum absolute atomic E-state index is 11.4. The maximum Gasteiger partial charge on any atom is 0.365 e. The molecule has 0 aliphatic heterocycles. The highest BCUT2D eigenvalue weighted by Crippen LogP contribution is 2.27. The van der Waals surface area contributed by atoms with Gasteiger partial charge in [-0.3, -0.25) is 4.79 Å². The smallest absolute Gasteiger partial charge is 0.365 e. The van der Waals surface area contributed by atoms with Crippen molar-refractivity contribution in [3.63, 3.8) is 0 Å². The second kappa shape index (κ2) is 4.28. The van der Waals surface area contributed by atoms with Gasteiger partial charge in [0.1, 0.15) is 0 Å². The Kier molecular flexibility index (Phi) is 3.31. The average Bonchev–Trinajstić information content (AvgIpc) is 2.02. The monoisotopic (exact) mass is 184 g/mol. The molecule has 0 bridgehead atoms. The summed E-state index contributed by atoms with van der Waals surface area (Å²) >= 11 is 0. The van der Waals surface area contributed by atoms with E-state index in [0.29, 0.717) is 0 Å². The van der Waals surface area contributed by atoms with E-state index in [1.807, 2.05) is 0 Å². The SMILES string of the molecule is [N-]=[N+]=C(C(=O)C1CCC1)C(O)CO. The van der Waals surface area contributed by atoms with Crippen molar-refractivity contribution in [2.75, 3.05) is 6.61 Å². The van der Waals surface area contributed by atoms with Crippen LogP contribution in [0.2, 0.25) is 0 Å². The molecule has 72 valence electrons. The number of rotatable bonds is 4. The molecule has 5 heteroatoms. The Labute approximate surface area is 75.6 Å². The van der Waals surface area contributed by atoms with Gasteiger partial charge in [-0.1, -0.05) is 6.42 Å². The van der Waals surface area contributed by atoms with Crippen LogP contribution < -0.4 is 0 Å². The van der Waals surface area contributed by atoms with Gasteiger partial charge in [-0.15, -0.1) is 0 Å². The molecule has 0 aromatic heterocycles. The minimum Gasteiger partial charge on any atom is -0.393 e. The van der Waals surface area contributed by atoms with E-state index in [0.717, 1.165) is 19.3 Å². The molecule has 2 N–H and O–H groups in total. The lowest BCUT2D eigenvalue weighted by Gasteiger charge is -2.22. The highest BCUT2D eigenvalue weighted by molar-refractivity contribution is 6.40. The molecular weight excluding hydrogens is 172 g/mol. The number of aliphatic hydroxyl groups is 2. The number of carbonyl (C=O) groups is 1. The molecular formula is C8H12N2O3. The molecule has 0 aromatic rings. The van der Waals surface area contributed by atoms with Crippen molar-refractivity contribution in [1.29, 1.82) is 0 Å². The van der Waals surface area contributed by atoms with Crippen LogP contribution in [0.15, 0.2) is 0 Å². The summed E-state index contributed by atoms with van der Waals surface area (Å²) in [6, 6.07) is 0. The summed E-state index contributed by atoms with van der Waals surface area (Å²) in [6.07, 6.45) is 1.18. The van der Waals surface area contributed by atoms with Gasteiger partial charge in [0.15, 0.2) is 6.10 Å². The molecule has 1 fully saturated rings. The van der Waals surface area contributed by atoms with Crippen molar-refractivity contribution < 1.29 is 19.8 Å². The third kappa shape index (κ3) is 2.01. The van der Waals surface area contributed by atoms with E-state index in [2.05, 4.69) is 4.79 Å². The zero-order chi connectivity index (χ0) is 9.84. The predicted octanol–water partition coefficient (Wildman–Crippen LogP) is -0.620. The molecule has 13 heavy (non-hydrogen) atoms. The van der Waals surface area contributed by atoms with Crippen molar-refractivity contribution in [2.24, 2.45) is 5.92 Å². The molecule has 1 rings (SSSR count). The summed E-state index contributed by atoms with van der Waals surface area (Å²) in [4.78, 5) is 14.1. The van der Waals surface area contributed by atoms with Crippen molar-refractivity contribution in [3.05, 3.63) is 5.53 Å². The average molecular weight is 184 g/mol. The second-order valence-corrected chi connectivity index (χ2v) is 3.18. The van der Waals surface area contributed by atoms with Gasteiger partial charge in [-0.25, -0.2) is 0 Å². The fourth-order valence-corrected chi connectivity index (χ4v) is 1.25. The number of hydrogen-bond acceptors (Lipinski definition) is 3. The number of Topliss-reactive ketones (excluding diaryl/α,β-unsaturated/α-hetero) is 1. The summed E-state index contributed by atoms with van der Waals surface area (Å²) in [5.41, 5.74) is 8.14. The summed E-state index contributed by atoms with van der Waals surface area (Å²) in [5, 5.41) is 17.7. The van der Waals surface area contributed by atoms with E-state index in [1.54, 1.807) is 0 Å². The zero-order valence-electron chi connectivity index (χ0n) is 7.18. The molecule has 0 radical (unpaired) electrons. The molecule has 1 aliphatic rings. The molecule has 0 saturated heterocycles. The van der Waals surface area contributed by atoms with Crippen LogP contribution in [-0.4, -0.2) is 39.2 Å². The van der Waals surface area contributed by atoms with Crippen LogP contribution in [0, 0.1) is 5.92 Å². The van der Waals surface area contributed by atoms with Crippen LogP contribution in [0.4, 0.5) is 0 Å². The van der Waals surface area contributed by atoms with Gasteiger partial charge in [0.25, 0.3) is 0 Å². The Bertz CT molecular complexity index is 254. The normalized spacial score (nSPS) is 18.6. The lowest BCUT2D eigenvalue weighted by Crippen LogP contribution is -2.38. The fourth-order valence-electron chi connectivity index (χ4n) is 1.25. The lowest BCUT2D eigenvalue weighted by molar-refractivity contribution is -0.124. The number of hydrogen-bond donors (Lipinski definition) is 2. The van der Waals surface area contributed by atoms with Gasteiger partial charge < -0.3 is 15.7 Å². The van der Waals surface area contributed by atoms with E-state index in [1.165, 1.54) is 0 Å². The first kappa shape index (κ1) is 10.1. The van der Waals surface area contributed by atoms with Crippen LogP contribution in [-0.2, 0) is 4.79 Å². The molecule has 0 amide bonds. The topological polar surface area (TPSA) is 93.9 Å². The van der Waals surface area contributed by atoms with Crippen molar-refractivity contribution in [3.8, 4) is 0 Å². The first-order valence-corrected chi connectivity index (χ1v) is 4.25. The van der Waals surface area contributed by atoms with E-state index >= 15 is 0 Å². The van der Waals surface area contributed by atoms with Gasteiger partial charge >= 0.3 is 5.71 Å². The van der Waals surface area contributed by atoms with E-state index in [9.17, 15) is 4.79 Å². The highest BCUT2D eigenvalue weighted by Gasteiger charge is 2.37. The van der Waals surface area contributed by atoms with E-state index in [-0.39, 0.29) is 17.4 Å². The standard InChI is InChI=1S/C8H12N2O3/c9-10-7(6(12)4-11)8(13)5-2-1-3-5/h5-6,11-12H,1-4H2. The molecule has 1 saturated carbocycles. The van der Waals surface area contributed by atoms with Crippen LogP contribution in [0.5, 0.6) is 0 Å². The molecule has 5 nitrogen and oxygen atoms in total. The molecule has 1 unspecified atom stereocenters. The largest absolute Gasteiger partial charge is 0.393 e. The number of aliphatic hydroxyl groups excluding tert-OH is 2. The van der Waals surface area contributed by atoms with E-state index in [4.69, 9.17) is 15.7 Å². The van der Waals surface area contributed by atoms with Crippen LogP contribution in [0.25, 0.3) is 5.53 Å². The van der Waals surface area contributed by atoms with Gasteiger partial charge in [0.2, 0.25) is 5.78 Å². The quantitative estimate of drug-likeness (QED) is 0.346. The second-order valence-electron chi connectivity index (χ2n) is 3.18. The Morgan fingerprint density at radius 3 is 2.54 bits per heavy atom. The van der Waals surface area contributed by atoms with Crippen molar-refractivity contribution >= 4 is 11.5 Å². The van der Waals surface area contributed by atoms with Gasteiger partial charge in [-0.2, -0.15) is 4.79 Å². The Morgan fingerprint density at radius 2 is 2.23 bits per heavy atom. The molecule has 0 spiro atoms. The van der Waals surface area contributed by atoms with Crippen molar-refractivity contribution in [2.45, 2.75) is 25.4 Å². The van der Waals surface area contributed by atoms with Crippen LogP contribution in [0.1, 0.15) is 19.3 Å². The number of nitrogens with zero attached hydrogens (tertiary/aromatic N) is 2. The van der Waals surface area contributed by atoms with E-state index < -0.39 is 12.7 Å². The van der Waals surface area contributed by atoms with Gasteiger partial charge in [-0.05, 0) is 12.8 Å². The lowest BCUT2D eigenvalue weighted by atomic mass is 9.80. The molecule has 1 aliphatic carbocycles. The Morgan fingerprint density at radius 1 is 1.62 bits per heavy atom. The molecule has 0 heterocycles. The predicted molar refractivity (Wildman–Crippen MR) is 44.1 cm³/mol. The van der Waals surface area contributed by atoms with Gasteiger partial charge in [0.05, 0.1) is 6.61 Å². The highest BCUT2D eigenvalue weighted by atomic mass is 16.3. The molecule has 0 aromatic carbocycles. The summed E-state index contributed by atoms with van der Waals surface area (Å²) in [5.74, 6) is -0.484. The first-order valence-electron chi connectivity index (χ1n) is 4.25. The van der Waals surface area contributed by atoms with Crippen LogP contribution in [0.3, 0.4) is 0 Å². The first-order chi connectivity index (χ1) is 6.20. The zero-order valence-corrected chi connectivity index (χ0v) is 7.18. The third-order valence-electron chi connectivity index (χ3n) is 2.32. The summed E-state index contributed by atoms with van der Waals surface area (Å²) in [6.45, 7) is -0.599. The van der Waals surface area contributed by atoms with Crippen LogP contribution >= 0.6 is 0 Å². The maximum atomic E-state index is 11.4. The Balaban J connectivity index is 2.66.